The van der Waals surface area contributed by atoms with Gasteiger partial charge in [-0.25, -0.2) is 0 Å². The van der Waals surface area contributed by atoms with Crippen LogP contribution in [0.15, 0.2) is 0 Å². The molecule has 1 spiro atoms. The molecule has 2 bridgehead atoms. The average Bonchev–Trinajstić information content (AvgIpc) is 2.40. The quantitative estimate of drug-likeness (QED) is 0.159. The van der Waals surface area contributed by atoms with Crippen LogP contribution in [-0.2, 0) is 59.0 Å². The maximum absolute atomic E-state index is 5.89. The van der Waals surface area contributed by atoms with Crippen molar-refractivity contribution in [3.63, 3.8) is 0 Å². The number of hydrogen-bond donors (Lipinski definition) is 2. The molecule has 0 aromatic rings. The lowest BCUT2D eigenvalue weighted by Crippen LogP contribution is -2.00. The van der Waals surface area contributed by atoms with Crippen molar-refractivity contribution in [1.82, 2.24) is 0 Å². The van der Waals surface area contributed by atoms with Crippen LogP contribution in [0.1, 0.15) is 0 Å². The van der Waals surface area contributed by atoms with Gasteiger partial charge in [0.2, 0.25) is 0 Å². The van der Waals surface area contributed by atoms with E-state index >= 15 is 0 Å². The van der Waals surface area contributed by atoms with E-state index in [4.69, 9.17) is 47.2 Å². The van der Waals surface area contributed by atoms with Gasteiger partial charge in [-0.15, -0.1) is 24.5 Å². The molecule has 0 radical (unpaired) electrons. The predicted octanol–water partition coefficient (Wildman–Crippen LogP) is 9.11. The molecule has 112 valence electrons. The largest absolute Gasteiger partial charge is 0.132 e. The first-order valence-electron chi connectivity index (χ1n) is 4.12. The molecule has 4 heterocycles. The highest BCUT2D eigenvalue weighted by Crippen LogP contribution is 3.58. The third-order valence-electron chi connectivity index (χ3n) is 1.87. The summed E-state index contributed by atoms with van der Waals surface area (Å²) in [4.78, 5) is 0. The Bertz CT molecular complexity index is 658. The third-order valence-corrected chi connectivity index (χ3v) is 151. The molecule has 4 rings (SSSR count). The molecule has 0 saturated carbocycles. The minimum absolute atomic E-state index is 0.713. The van der Waals surface area contributed by atoms with E-state index < -0.39 is 26.9 Å². The summed E-state index contributed by atoms with van der Waals surface area (Å²) in [6.07, 6.45) is 0. The SMILES string of the molecule is CP(=S)(S)S.S=P12S[P@@]3(=S)SP4(=S)S[P@@](=S)(S1)S43S2. The van der Waals surface area contributed by atoms with Gasteiger partial charge < -0.3 is 0 Å². The highest BCUT2D eigenvalue weighted by Gasteiger charge is 2.88. The summed E-state index contributed by atoms with van der Waals surface area (Å²) < 4.78 is -6.34. The van der Waals surface area contributed by atoms with E-state index in [1.54, 1.807) is 0 Å². The highest BCUT2D eigenvalue weighted by atomic mass is 34.5. The summed E-state index contributed by atoms with van der Waals surface area (Å²) in [7, 11) is 1.40. The Hall–Kier alpha value is 6.05. The van der Waals surface area contributed by atoms with Gasteiger partial charge >= 0.3 is 0 Å². The Labute approximate surface area is 168 Å². The Morgan fingerprint density at radius 2 is 1.21 bits per heavy atom. The van der Waals surface area contributed by atoms with Gasteiger partial charge in [0, 0.05) is 4.44 Å². The van der Waals surface area contributed by atoms with Crippen LogP contribution in [0.25, 0.3) is 0 Å². The maximum Gasteiger partial charge on any atom is 0.131 e. The molecule has 18 heteroatoms. The summed E-state index contributed by atoms with van der Waals surface area (Å²) in [5.41, 5.74) is 0. The van der Waals surface area contributed by atoms with Crippen LogP contribution in [-0.4, -0.2) is 6.66 Å². The fourth-order valence-corrected chi connectivity index (χ4v) is 330. The molecule has 4 aliphatic rings. The second-order valence-electron chi connectivity index (χ2n) is 3.49. The molecule has 4 saturated heterocycles. The number of rotatable bonds is 0. The number of hydrogen-bond acceptors (Lipinski definition) is 10. The van der Waals surface area contributed by atoms with Crippen molar-refractivity contribution in [2.75, 3.05) is 6.66 Å². The number of fused-ring (bicyclic) bond motifs is 1. The smallest absolute Gasteiger partial charge is 0.131 e. The van der Waals surface area contributed by atoms with Crippen LogP contribution in [0, 0.1) is 0 Å². The van der Waals surface area contributed by atoms with Crippen molar-refractivity contribution in [2.45, 2.75) is 0 Å². The molecule has 3 unspecified atom stereocenters. The summed E-state index contributed by atoms with van der Waals surface area (Å²) in [6.45, 7) is 1.84. The molecular weight excluding hydrogens is 584 g/mol. The minimum atomic E-state index is -1.42. The van der Waals surface area contributed by atoms with E-state index in [-0.39, 0.29) is 0 Å². The third kappa shape index (κ3) is 2.94. The zero-order valence-corrected chi connectivity index (χ0v) is 23.9. The van der Waals surface area contributed by atoms with Crippen molar-refractivity contribution in [2.24, 2.45) is 0 Å². The fourth-order valence-electron chi connectivity index (χ4n) is 1.40. The molecule has 0 aliphatic carbocycles. The van der Waals surface area contributed by atoms with Crippen LogP contribution in [0.2, 0.25) is 0 Å². The Balaban J connectivity index is 0.000000193. The van der Waals surface area contributed by atoms with Crippen molar-refractivity contribution in [3.8, 4) is 0 Å². The van der Waals surface area contributed by atoms with Crippen molar-refractivity contribution in [1.29, 1.82) is 0 Å². The highest BCUT2D eigenvalue weighted by molar-refractivity contribution is 10.1. The lowest BCUT2D eigenvalue weighted by Gasteiger charge is -2.68. The van der Waals surface area contributed by atoms with E-state index in [9.17, 15) is 0 Å². The van der Waals surface area contributed by atoms with Crippen LogP contribution >= 0.6 is 106 Å². The summed E-state index contributed by atoms with van der Waals surface area (Å²) in [5, 5.41) is 0. The summed E-state index contributed by atoms with van der Waals surface area (Å²) >= 11 is 44.0. The monoisotopic (exact) mass is 588 g/mol. The van der Waals surface area contributed by atoms with Crippen molar-refractivity contribution >= 4 is 165 Å². The minimum Gasteiger partial charge on any atom is -0.132 e. The molecule has 0 amide bonds. The molecular formula is CH5P5S13. The molecule has 0 aromatic heterocycles. The number of thiol groups is 2. The summed E-state index contributed by atoms with van der Waals surface area (Å²) in [5.74, 6) is 0. The Kier molecular flexibility index (Phi) is 6.02. The first kappa shape index (κ1) is 19.8. The average molecular weight is 589 g/mol. The fraction of sp³-hybridized carbons (Fsp3) is 1.00. The maximum atomic E-state index is 5.89. The molecule has 0 nitrogen and oxygen atoms in total. The van der Waals surface area contributed by atoms with E-state index in [1.165, 1.54) is 0 Å². The van der Waals surface area contributed by atoms with Crippen LogP contribution < -0.4 is 0 Å². The van der Waals surface area contributed by atoms with Crippen LogP contribution in [0.5, 0.6) is 0 Å². The molecule has 4 aliphatic heterocycles. The molecule has 19 heavy (non-hydrogen) atoms. The van der Waals surface area contributed by atoms with Gasteiger partial charge in [-0.2, -0.15) is 0 Å². The van der Waals surface area contributed by atoms with Gasteiger partial charge in [0.1, 0.15) is 14.6 Å². The zero-order valence-electron chi connectivity index (χ0n) is 8.62. The van der Waals surface area contributed by atoms with Gasteiger partial charge in [-0.3, -0.25) is 0 Å². The first-order valence-corrected chi connectivity index (χ1v) is 34.4. The molecule has 4 fully saturated rings. The van der Waals surface area contributed by atoms with Gasteiger partial charge in [0.25, 0.3) is 0 Å². The van der Waals surface area contributed by atoms with E-state index in [0.717, 1.165) is 0 Å². The van der Waals surface area contributed by atoms with Gasteiger partial charge in [-0.05, 0) is 69.0 Å². The zero-order chi connectivity index (χ0) is 14.5. The molecule has 0 N–H and O–H groups in total. The summed E-state index contributed by atoms with van der Waals surface area (Å²) in [6, 6.07) is 0. The Morgan fingerprint density at radius 3 is 1.42 bits per heavy atom. The van der Waals surface area contributed by atoms with Gasteiger partial charge in [0.15, 0.2) is 0 Å². The van der Waals surface area contributed by atoms with E-state index in [1.807, 2.05) is 50.7 Å². The lowest BCUT2D eigenvalue weighted by atomic mass is 12.0. The van der Waals surface area contributed by atoms with Gasteiger partial charge in [-0.1, -0.05) is 59.0 Å². The second-order valence-corrected chi connectivity index (χ2v) is 83.8. The van der Waals surface area contributed by atoms with Gasteiger partial charge in [0.05, 0.1) is 0 Å². The lowest BCUT2D eigenvalue weighted by molar-refractivity contribution is 2.50. The molecule has 0 aromatic carbocycles. The van der Waals surface area contributed by atoms with E-state index in [2.05, 4.69) is 46.7 Å². The first-order chi connectivity index (χ1) is 8.29. The predicted molar refractivity (Wildman–Crippen MR) is 141 cm³/mol. The van der Waals surface area contributed by atoms with Crippen molar-refractivity contribution in [3.05, 3.63) is 0 Å². The van der Waals surface area contributed by atoms with Crippen molar-refractivity contribution < 1.29 is 0 Å². The van der Waals surface area contributed by atoms with Crippen LogP contribution in [0.3, 0.4) is 0 Å². The molecule has 5 atom stereocenters. The standard InChI is InChI=1S/CH5PS3.P4S10/c1-2(3,4)5;5-1-9-2(6)11-4(8)12-3(7,10-1)14(2,4)13-1/h1H3,(H2,3,4,5);/t;1?,2-,3+,4?. The van der Waals surface area contributed by atoms with E-state index in [0.29, 0.717) is 0 Å². The second kappa shape index (κ2) is 5.77. The van der Waals surface area contributed by atoms with Crippen LogP contribution in [0.4, 0.5) is 0 Å². The Morgan fingerprint density at radius 1 is 0.895 bits per heavy atom. The topological polar surface area (TPSA) is 0 Å². The normalized spacial score (nSPS) is 63.7.